The molecule has 0 aliphatic carbocycles. The standard InChI is InChI=1S/C16H11N5O2/c1-10-5-6-13-18-14(16(22)23)15(21(13)9-10)20-19-12-4-2-3-11(7-12)8-17/h2-7,9H,1H3,(H,22,23). The monoisotopic (exact) mass is 305 g/mol. The summed E-state index contributed by atoms with van der Waals surface area (Å²) in [5.41, 5.74) is 2.16. The molecular weight excluding hydrogens is 294 g/mol. The number of nitrogens with zero attached hydrogens (tertiary/aromatic N) is 5. The van der Waals surface area contributed by atoms with Crippen LogP contribution < -0.4 is 0 Å². The maximum atomic E-state index is 11.4. The first-order valence-corrected chi connectivity index (χ1v) is 6.72. The lowest BCUT2D eigenvalue weighted by Gasteiger charge is -1.98. The number of carboxylic acids is 1. The number of carboxylic acid groups (broad SMARTS) is 1. The van der Waals surface area contributed by atoms with Gasteiger partial charge in [0.05, 0.1) is 17.3 Å². The molecule has 1 aromatic carbocycles. The van der Waals surface area contributed by atoms with E-state index in [0.29, 0.717) is 16.9 Å². The molecule has 0 saturated carbocycles. The predicted molar refractivity (Wildman–Crippen MR) is 82.2 cm³/mol. The fourth-order valence-electron chi connectivity index (χ4n) is 2.12. The average molecular weight is 305 g/mol. The highest BCUT2D eigenvalue weighted by molar-refractivity contribution is 5.91. The van der Waals surface area contributed by atoms with Gasteiger partial charge in [0, 0.05) is 6.20 Å². The Bertz CT molecular complexity index is 982. The molecule has 0 atom stereocenters. The Kier molecular flexibility index (Phi) is 3.57. The maximum Gasteiger partial charge on any atom is 0.358 e. The molecule has 3 rings (SSSR count). The van der Waals surface area contributed by atoms with Crippen LogP contribution in [0.4, 0.5) is 11.5 Å². The summed E-state index contributed by atoms with van der Waals surface area (Å²) in [6, 6.07) is 12.2. The largest absolute Gasteiger partial charge is 0.476 e. The Morgan fingerprint density at radius 1 is 1.30 bits per heavy atom. The van der Waals surface area contributed by atoms with Crippen LogP contribution in [0.5, 0.6) is 0 Å². The summed E-state index contributed by atoms with van der Waals surface area (Å²) in [4.78, 5) is 15.4. The van der Waals surface area contributed by atoms with E-state index in [4.69, 9.17) is 5.26 Å². The van der Waals surface area contributed by atoms with Crippen molar-refractivity contribution in [1.29, 1.82) is 5.26 Å². The third-order valence-electron chi connectivity index (χ3n) is 3.18. The predicted octanol–water partition coefficient (Wildman–Crippen LogP) is 3.63. The van der Waals surface area contributed by atoms with Crippen LogP contribution in [0.2, 0.25) is 0 Å². The van der Waals surface area contributed by atoms with Crippen molar-refractivity contribution in [3.63, 3.8) is 0 Å². The van der Waals surface area contributed by atoms with Crippen LogP contribution in [0.1, 0.15) is 21.6 Å². The SMILES string of the molecule is Cc1ccc2nc(C(=O)O)c(N=Nc3cccc(C#N)c3)n2c1. The second-order valence-electron chi connectivity index (χ2n) is 4.89. The Labute approximate surface area is 131 Å². The van der Waals surface area contributed by atoms with Gasteiger partial charge < -0.3 is 5.11 Å². The summed E-state index contributed by atoms with van der Waals surface area (Å²) in [6.45, 7) is 1.89. The van der Waals surface area contributed by atoms with Gasteiger partial charge in [-0.3, -0.25) is 4.40 Å². The van der Waals surface area contributed by atoms with Gasteiger partial charge in [-0.25, -0.2) is 9.78 Å². The van der Waals surface area contributed by atoms with Gasteiger partial charge in [-0.2, -0.15) is 5.26 Å². The first-order chi connectivity index (χ1) is 11.1. The summed E-state index contributed by atoms with van der Waals surface area (Å²) in [5, 5.41) is 26.3. The zero-order valence-electron chi connectivity index (χ0n) is 12.1. The van der Waals surface area contributed by atoms with E-state index in [-0.39, 0.29) is 11.5 Å². The second kappa shape index (κ2) is 5.69. The molecule has 2 aromatic heterocycles. The zero-order chi connectivity index (χ0) is 16.4. The van der Waals surface area contributed by atoms with Gasteiger partial charge in [0.2, 0.25) is 0 Å². The lowest BCUT2D eigenvalue weighted by molar-refractivity contribution is 0.0692. The molecule has 112 valence electrons. The van der Waals surface area contributed by atoms with Gasteiger partial charge in [0.25, 0.3) is 0 Å². The fourth-order valence-corrected chi connectivity index (χ4v) is 2.12. The third kappa shape index (κ3) is 2.78. The number of benzene rings is 1. The molecule has 0 bridgehead atoms. The van der Waals surface area contributed by atoms with Gasteiger partial charge in [0.15, 0.2) is 11.5 Å². The molecule has 0 aliphatic rings. The minimum Gasteiger partial charge on any atom is -0.476 e. The van der Waals surface area contributed by atoms with Crippen LogP contribution in [0.25, 0.3) is 5.65 Å². The molecule has 0 amide bonds. The lowest BCUT2D eigenvalue weighted by atomic mass is 10.2. The van der Waals surface area contributed by atoms with Crippen LogP contribution in [0.15, 0.2) is 52.8 Å². The summed E-state index contributed by atoms with van der Waals surface area (Å²) in [6.07, 6.45) is 1.74. The normalized spacial score (nSPS) is 11.0. The third-order valence-corrected chi connectivity index (χ3v) is 3.18. The first-order valence-electron chi connectivity index (χ1n) is 6.72. The highest BCUT2D eigenvalue weighted by Crippen LogP contribution is 2.25. The van der Waals surface area contributed by atoms with Crippen molar-refractivity contribution in [2.75, 3.05) is 0 Å². The minimum absolute atomic E-state index is 0.138. The van der Waals surface area contributed by atoms with Crippen molar-refractivity contribution in [3.8, 4) is 6.07 Å². The number of hydrogen-bond acceptors (Lipinski definition) is 5. The molecule has 7 nitrogen and oxygen atoms in total. The van der Waals surface area contributed by atoms with Crippen LogP contribution in [0, 0.1) is 18.3 Å². The molecule has 0 radical (unpaired) electrons. The van der Waals surface area contributed by atoms with E-state index in [1.807, 2.05) is 19.1 Å². The molecular formula is C16H11N5O2. The molecule has 2 heterocycles. The van der Waals surface area contributed by atoms with E-state index in [2.05, 4.69) is 15.2 Å². The van der Waals surface area contributed by atoms with Gasteiger partial charge in [-0.1, -0.05) is 12.1 Å². The number of fused-ring (bicyclic) bond motifs is 1. The van der Waals surface area contributed by atoms with E-state index >= 15 is 0 Å². The molecule has 23 heavy (non-hydrogen) atoms. The molecule has 0 unspecified atom stereocenters. The van der Waals surface area contributed by atoms with Crippen LogP contribution >= 0.6 is 0 Å². The number of azo groups is 1. The molecule has 0 spiro atoms. The quantitative estimate of drug-likeness (QED) is 0.746. The lowest BCUT2D eigenvalue weighted by Crippen LogP contribution is -1.96. The summed E-state index contributed by atoms with van der Waals surface area (Å²) in [7, 11) is 0. The van der Waals surface area contributed by atoms with Crippen LogP contribution in [-0.4, -0.2) is 20.5 Å². The minimum atomic E-state index is -1.17. The highest BCUT2D eigenvalue weighted by Gasteiger charge is 2.18. The number of imidazole rings is 1. The van der Waals surface area contributed by atoms with Crippen LogP contribution in [0.3, 0.4) is 0 Å². The molecule has 0 fully saturated rings. The van der Waals surface area contributed by atoms with Gasteiger partial charge >= 0.3 is 5.97 Å². The molecule has 1 N–H and O–H groups in total. The second-order valence-corrected chi connectivity index (χ2v) is 4.89. The van der Waals surface area contributed by atoms with Crippen molar-refractivity contribution in [2.24, 2.45) is 10.2 Å². The number of nitriles is 1. The maximum absolute atomic E-state index is 11.4. The van der Waals surface area contributed by atoms with E-state index in [1.165, 1.54) is 0 Å². The summed E-state index contributed by atoms with van der Waals surface area (Å²) < 4.78 is 1.58. The van der Waals surface area contributed by atoms with Crippen molar-refractivity contribution in [2.45, 2.75) is 6.92 Å². The van der Waals surface area contributed by atoms with Gasteiger partial charge in [-0.05, 0) is 36.8 Å². The molecule has 3 aromatic rings. The smallest absolute Gasteiger partial charge is 0.358 e. The first kappa shape index (κ1) is 14.4. The Balaban J connectivity index is 2.12. The zero-order valence-corrected chi connectivity index (χ0v) is 12.1. The Morgan fingerprint density at radius 2 is 2.13 bits per heavy atom. The number of hydrogen-bond donors (Lipinski definition) is 1. The summed E-state index contributed by atoms with van der Waals surface area (Å²) >= 11 is 0. The number of aromatic nitrogens is 2. The van der Waals surface area contributed by atoms with E-state index in [1.54, 1.807) is 40.9 Å². The van der Waals surface area contributed by atoms with Crippen LogP contribution in [-0.2, 0) is 0 Å². The van der Waals surface area contributed by atoms with Gasteiger partial charge in [0.1, 0.15) is 5.65 Å². The van der Waals surface area contributed by atoms with E-state index in [9.17, 15) is 9.90 Å². The molecule has 7 heteroatoms. The van der Waals surface area contributed by atoms with E-state index in [0.717, 1.165) is 5.56 Å². The van der Waals surface area contributed by atoms with Crippen molar-refractivity contribution in [3.05, 3.63) is 59.4 Å². The van der Waals surface area contributed by atoms with Gasteiger partial charge in [-0.15, -0.1) is 10.2 Å². The fraction of sp³-hybridized carbons (Fsp3) is 0.0625. The van der Waals surface area contributed by atoms with E-state index < -0.39 is 5.97 Å². The molecule has 0 aliphatic heterocycles. The number of aromatic carboxylic acids is 1. The number of aryl methyl sites for hydroxylation is 1. The Morgan fingerprint density at radius 3 is 2.87 bits per heavy atom. The Hall–Kier alpha value is -3.53. The number of pyridine rings is 1. The summed E-state index contributed by atoms with van der Waals surface area (Å²) in [5.74, 6) is -1.04. The number of carbonyl (C=O) groups is 1. The number of rotatable bonds is 3. The molecule has 0 saturated heterocycles. The van der Waals surface area contributed by atoms with Crippen molar-refractivity contribution >= 4 is 23.1 Å². The topological polar surface area (TPSA) is 103 Å². The highest BCUT2D eigenvalue weighted by atomic mass is 16.4. The van der Waals surface area contributed by atoms with Crippen molar-refractivity contribution in [1.82, 2.24) is 9.38 Å². The average Bonchev–Trinajstić information content (AvgIpc) is 2.91. The van der Waals surface area contributed by atoms with Crippen molar-refractivity contribution < 1.29 is 9.90 Å².